The third kappa shape index (κ3) is 2.25. The van der Waals surface area contributed by atoms with Crippen LogP contribution >= 0.6 is 11.6 Å². The van der Waals surface area contributed by atoms with Crippen LogP contribution in [0, 0.1) is 5.41 Å². The molecule has 0 spiro atoms. The molecular weight excluding hydrogens is 186 g/mol. The van der Waals surface area contributed by atoms with Gasteiger partial charge in [0, 0.05) is 5.92 Å². The maximum atomic E-state index is 5.75. The van der Waals surface area contributed by atoms with Crippen LogP contribution in [-0.4, -0.2) is 4.98 Å². The first-order valence-electron chi connectivity index (χ1n) is 4.45. The van der Waals surface area contributed by atoms with Gasteiger partial charge in [-0.3, -0.25) is 0 Å². The van der Waals surface area contributed by atoms with Gasteiger partial charge in [0.05, 0.1) is 11.6 Å². The van der Waals surface area contributed by atoms with Crippen LogP contribution in [0.2, 0.25) is 0 Å². The van der Waals surface area contributed by atoms with E-state index in [9.17, 15) is 0 Å². The molecule has 1 rings (SSSR count). The SMILES string of the molecule is CC(c1ocnc1CCl)C(C)(C)C. The molecule has 0 saturated heterocycles. The molecule has 74 valence electrons. The predicted octanol–water partition coefficient (Wildman–Crippen LogP) is 3.56. The number of hydrogen-bond donors (Lipinski definition) is 0. The lowest BCUT2D eigenvalue weighted by Gasteiger charge is -2.25. The third-order valence-electron chi connectivity index (χ3n) is 2.49. The standard InChI is InChI=1S/C10H16ClNO/c1-7(10(2,3)4)9-8(5-11)12-6-13-9/h6-7H,5H2,1-4H3. The molecular formula is C10H16ClNO. The monoisotopic (exact) mass is 201 g/mol. The Hall–Kier alpha value is -0.500. The molecule has 1 aromatic heterocycles. The van der Waals surface area contributed by atoms with Crippen molar-refractivity contribution in [1.29, 1.82) is 0 Å². The highest BCUT2D eigenvalue weighted by molar-refractivity contribution is 6.16. The lowest BCUT2D eigenvalue weighted by atomic mass is 9.80. The molecule has 0 fully saturated rings. The number of halogens is 1. The average Bonchev–Trinajstić information content (AvgIpc) is 2.48. The van der Waals surface area contributed by atoms with E-state index in [1.54, 1.807) is 0 Å². The van der Waals surface area contributed by atoms with Crippen LogP contribution in [0.3, 0.4) is 0 Å². The highest BCUT2D eigenvalue weighted by Gasteiger charge is 2.26. The number of oxazole rings is 1. The first-order chi connectivity index (χ1) is 5.96. The van der Waals surface area contributed by atoms with E-state index in [0.29, 0.717) is 11.8 Å². The van der Waals surface area contributed by atoms with E-state index >= 15 is 0 Å². The smallest absolute Gasteiger partial charge is 0.181 e. The second-order valence-electron chi connectivity index (χ2n) is 4.38. The van der Waals surface area contributed by atoms with Crippen LogP contribution in [0.4, 0.5) is 0 Å². The number of rotatable bonds is 2. The van der Waals surface area contributed by atoms with Crippen molar-refractivity contribution in [2.75, 3.05) is 0 Å². The molecule has 1 heterocycles. The van der Waals surface area contributed by atoms with Gasteiger partial charge in [-0.2, -0.15) is 0 Å². The molecule has 13 heavy (non-hydrogen) atoms. The van der Waals surface area contributed by atoms with E-state index in [-0.39, 0.29) is 5.41 Å². The molecule has 3 heteroatoms. The lowest BCUT2D eigenvalue weighted by molar-refractivity contribution is 0.295. The summed E-state index contributed by atoms with van der Waals surface area (Å²) in [6.07, 6.45) is 1.47. The first-order valence-corrected chi connectivity index (χ1v) is 4.98. The van der Waals surface area contributed by atoms with Crippen LogP contribution in [-0.2, 0) is 5.88 Å². The van der Waals surface area contributed by atoms with E-state index < -0.39 is 0 Å². The molecule has 0 amide bonds. The zero-order valence-electron chi connectivity index (χ0n) is 8.60. The highest BCUT2D eigenvalue weighted by atomic mass is 35.5. The molecule has 1 aromatic rings. The van der Waals surface area contributed by atoms with Crippen molar-refractivity contribution in [2.45, 2.75) is 39.5 Å². The maximum absolute atomic E-state index is 5.75. The average molecular weight is 202 g/mol. The summed E-state index contributed by atoms with van der Waals surface area (Å²) in [4.78, 5) is 4.07. The van der Waals surface area contributed by atoms with Gasteiger partial charge in [0.2, 0.25) is 0 Å². The van der Waals surface area contributed by atoms with Crippen molar-refractivity contribution in [1.82, 2.24) is 4.98 Å². The van der Waals surface area contributed by atoms with Gasteiger partial charge < -0.3 is 4.42 Å². The minimum absolute atomic E-state index is 0.181. The lowest BCUT2D eigenvalue weighted by Crippen LogP contribution is -2.15. The molecule has 0 aromatic carbocycles. The number of nitrogens with zero attached hydrogens (tertiary/aromatic N) is 1. The maximum Gasteiger partial charge on any atom is 0.181 e. The van der Waals surface area contributed by atoms with E-state index in [0.717, 1.165) is 11.5 Å². The molecule has 1 atom stereocenters. The van der Waals surface area contributed by atoms with Gasteiger partial charge in [0.1, 0.15) is 5.76 Å². The summed E-state index contributed by atoms with van der Waals surface area (Å²) >= 11 is 5.75. The Morgan fingerprint density at radius 2 is 2.15 bits per heavy atom. The zero-order chi connectivity index (χ0) is 10.1. The Bertz CT molecular complexity index is 275. The Morgan fingerprint density at radius 1 is 1.54 bits per heavy atom. The topological polar surface area (TPSA) is 26.0 Å². The Balaban J connectivity index is 2.94. The van der Waals surface area contributed by atoms with Crippen molar-refractivity contribution in [3.63, 3.8) is 0 Å². The second-order valence-corrected chi connectivity index (χ2v) is 4.65. The molecule has 2 nitrogen and oxygen atoms in total. The molecule has 1 unspecified atom stereocenters. The van der Waals surface area contributed by atoms with Crippen LogP contribution < -0.4 is 0 Å². The quantitative estimate of drug-likeness (QED) is 0.684. The summed E-state index contributed by atoms with van der Waals surface area (Å²) in [5.41, 5.74) is 1.05. The van der Waals surface area contributed by atoms with Crippen molar-refractivity contribution in [2.24, 2.45) is 5.41 Å². The van der Waals surface area contributed by atoms with Gasteiger partial charge in [-0.15, -0.1) is 11.6 Å². The fourth-order valence-corrected chi connectivity index (χ4v) is 1.32. The fraction of sp³-hybridized carbons (Fsp3) is 0.700. The van der Waals surface area contributed by atoms with Crippen LogP contribution in [0.25, 0.3) is 0 Å². The minimum atomic E-state index is 0.181. The molecule has 0 aliphatic carbocycles. The van der Waals surface area contributed by atoms with Gasteiger partial charge in [-0.25, -0.2) is 4.98 Å². The second kappa shape index (κ2) is 3.70. The summed E-state index contributed by atoms with van der Waals surface area (Å²) in [5.74, 6) is 1.68. The van der Waals surface area contributed by atoms with Crippen molar-refractivity contribution >= 4 is 11.6 Å². The predicted molar refractivity (Wildman–Crippen MR) is 53.9 cm³/mol. The van der Waals surface area contributed by atoms with Crippen molar-refractivity contribution in [3.8, 4) is 0 Å². The molecule has 0 aliphatic rings. The van der Waals surface area contributed by atoms with Gasteiger partial charge in [-0.05, 0) is 5.41 Å². The zero-order valence-corrected chi connectivity index (χ0v) is 9.35. The number of hydrogen-bond acceptors (Lipinski definition) is 2. The van der Waals surface area contributed by atoms with Gasteiger partial charge >= 0.3 is 0 Å². The largest absolute Gasteiger partial charge is 0.448 e. The van der Waals surface area contributed by atoms with Gasteiger partial charge in [-0.1, -0.05) is 27.7 Å². The highest BCUT2D eigenvalue weighted by Crippen LogP contribution is 2.36. The first kappa shape index (κ1) is 10.6. The summed E-state index contributed by atoms with van der Waals surface area (Å²) < 4.78 is 5.35. The van der Waals surface area contributed by atoms with E-state index in [1.165, 1.54) is 6.39 Å². The minimum Gasteiger partial charge on any atom is -0.448 e. The van der Waals surface area contributed by atoms with E-state index in [2.05, 4.69) is 32.7 Å². The van der Waals surface area contributed by atoms with Crippen LogP contribution in [0.5, 0.6) is 0 Å². The summed E-state index contributed by atoms with van der Waals surface area (Å²) in [6.45, 7) is 8.67. The van der Waals surface area contributed by atoms with Crippen molar-refractivity contribution < 1.29 is 4.42 Å². The van der Waals surface area contributed by atoms with Gasteiger partial charge in [0.25, 0.3) is 0 Å². The summed E-state index contributed by atoms with van der Waals surface area (Å²) in [7, 11) is 0. The number of alkyl halides is 1. The molecule has 0 saturated carbocycles. The van der Waals surface area contributed by atoms with Crippen molar-refractivity contribution in [3.05, 3.63) is 17.8 Å². The van der Waals surface area contributed by atoms with Crippen LogP contribution in [0.1, 0.15) is 45.1 Å². The Kier molecular flexibility index (Phi) is 3.01. The van der Waals surface area contributed by atoms with Gasteiger partial charge in [0.15, 0.2) is 6.39 Å². The van der Waals surface area contributed by atoms with E-state index in [4.69, 9.17) is 16.0 Å². The summed E-state index contributed by atoms with van der Waals surface area (Å²) in [6, 6.07) is 0. The third-order valence-corrected chi connectivity index (χ3v) is 2.74. The Labute approximate surface area is 84.3 Å². The number of aromatic nitrogens is 1. The van der Waals surface area contributed by atoms with Crippen LogP contribution in [0.15, 0.2) is 10.8 Å². The summed E-state index contributed by atoms with van der Waals surface area (Å²) in [5, 5.41) is 0. The molecule has 0 bridgehead atoms. The fourth-order valence-electron chi connectivity index (χ4n) is 1.12. The Morgan fingerprint density at radius 3 is 2.62 bits per heavy atom. The molecule has 0 N–H and O–H groups in total. The van der Waals surface area contributed by atoms with E-state index in [1.807, 2.05) is 0 Å². The molecule has 0 aliphatic heterocycles. The molecule has 0 radical (unpaired) electrons. The normalized spacial score (nSPS) is 14.5.